The van der Waals surface area contributed by atoms with E-state index in [1.54, 1.807) is 5.06 Å². The minimum absolute atomic E-state index is 0.0678. The van der Waals surface area contributed by atoms with Gasteiger partial charge in [-0.3, -0.25) is 0 Å². The van der Waals surface area contributed by atoms with Gasteiger partial charge >= 0.3 is 0 Å². The van der Waals surface area contributed by atoms with Gasteiger partial charge in [-0.05, 0) is 76.8 Å². The van der Waals surface area contributed by atoms with Crippen molar-refractivity contribution in [2.24, 2.45) is 0 Å². The molecule has 172 valence electrons. The molecule has 0 aliphatic heterocycles. The van der Waals surface area contributed by atoms with Crippen molar-refractivity contribution in [1.29, 1.82) is 5.26 Å². The van der Waals surface area contributed by atoms with Gasteiger partial charge in [0, 0.05) is 10.5 Å². The van der Waals surface area contributed by atoms with Crippen LogP contribution in [0.25, 0.3) is 0 Å². The molecular formula is C25H30BrN5OSi. The van der Waals surface area contributed by atoms with Gasteiger partial charge in [0.05, 0.1) is 17.4 Å². The van der Waals surface area contributed by atoms with Crippen LogP contribution in [0.1, 0.15) is 31.9 Å². The third-order valence-corrected chi connectivity index (χ3v) is 6.30. The van der Waals surface area contributed by atoms with Crippen LogP contribution in [0.3, 0.4) is 0 Å². The zero-order valence-electron chi connectivity index (χ0n) is 20.0. The first-order chi connectivity index (χ1) is 15.6. The molecule has 33 heavy (non-hydrogen) atoms. The Balaban J connectivity index is 2.04. The smallest absolute Gasteiger partial charge is 0.209 e. The zero-order chi connectivity index (χ0) is 24.2. The van der Waals surface area contributed by atoms with E-state index in [9.17, 15) is 5.26 Å². The summed E-state index contributed by atoms with van der Waals surface area (Å²) in [6.45, 7) is 13.0. The number of halogens is 1. The molecule has 0 bridgehead atoms. The standard InChI is InChI=1S/C25H30BrN5OSi/c1-18-7-12-22(21(26)15-18)30(14-13-27)23-16-24(29-17-28-23)31(32-33(5)6)20-10-8-19(9-11-20)25(2,3)4/h7-12,15-17,33H,14H2,1-6H3. The molecule has 6 nitrogen and oxygen atoms in total. The molecule has 0 spiro atoms. The second-order valence-corrected chi connectivity index (χ2v) is 12.3. The molecule has 3 rings (SSSR count). The van der Waals surface area contributed by atoms with E-state index in [1.165, 1.54) is 11.9 Å². The number of anilines is 4. The fraction of sp³-hybridized carbons (Fsp3) is 0.320. The number of hydrogen-bond acceptors (Lipinski definition) is 6. The van der Waals surface area contributed by atoms with Gasteiger partial charge in [0.1, 0.15) is 18.7 Å². The van der Waals surface area contributed by atoms with Gasteiger partial charge in [0.2, 0.25) is 9.04 Å². The number of nitriles is 1. The Morgan fingerprint density at radius 1 is 1.03 bits per heavy atom. The molecule has 0 saturated heterocycles. The Kier molecular flexibility index (Phi) is 7.90. The molecule has 1 aromatic heterocycles. The van der Waals surface area contributed by atoms with Gasteiger partial charge in [-0.2, -0.15) is 5.26 Å². The Hall–Kier alpha value is -2.73. The van der Waals surface area contributed by atoms with Crippen molar-refractivity contribution in [2.45, 2.75) is 46.2 Å². The van der Waals surface area contributed by atoms with Crippen molar-refractivity contribution in [3.05, 3.63) is 70.5 Å². The van der Waals surface area contributed by atoms with E-state index >= 15 is 0 Å². The van der Waals surface area contributed by atoms with Crippen LogP contribution in [0.4, 0.5) is 23.0 Å². The van der Waals surface area contributed by atoms with Crippen LogP contribution in [-0.2, 0) is 9.94 Å². The zero-order valence-corrected chi connectivity index (χ0v) is 22.7. The summed E-state index contributed by atoms with van der Waals surface area (Å²) in [5, 5.41) is 11.3. The molecule has 0 amide bonds. The second-order valence-electron chi connectivity index (χ2n) is 9.18. The van der Waals surface area contributed by atoms with Gasteiger partial charge in [0.25, 0.3) is 0 Å². The topological polar surface area (TPSA) is 65.3 Å². The van der Waals surface area contributed by atoms with Crippen LogP contribution in [0, 0.1) is 18.3 Å². The first-order valence-corrected chi connectivity index (χ1v) is 14.5. The summed E-state index contributed by atoms with van der Waals surface area (Å²) in [7, 11) is -1.45. The van der Waals surface area contributed by atoms with Crippen LogP contribution in [-0.4, -0.2) is 25.6 Å². The van der Waals surface area contributed by atoms with E-state index in [1.807, 2.05) is 36.1 Å². The van der Waals surface area contributed by atoms with Crippen molar-refractivity contribution in [3.63, 3.8) is 0 Å². The summed E-state index contributed by atoms with van der Waals surface area (Å²) in [6.07, 6.45) is 1.51. The highest BCUT2D eigenvalue weighted by Crippen LogP contribution is 2.34. The monoisotopic (exact) mass is 523 g/mol. The number of aryl methyl sites for hydroxylation is 1. The Morgan fingerprint density at radius 2 is 1.70 bits per heavy atom. The maximum absolute atomic E-state index is 9.49. The quantitative estimate of drug-likeness (QED) is 0.198. The maximum atomic E-state index is 9.49. The number of hydrogen-bond donors (Lipinski definition) is 0. The van der Waals surface area contributed by atoms with E-state index in [0.29, 0.717) is 11.6 Å². The van der Waals surface area contributed by atoms with Crippen LogP contribution in [0.15, 0.2) is 59.3 Å². The Morgan fingerprint density at radius 3 is 2.27 bits per heavy atom. The lowest BCUT2D eigenvalue weighted by molar-refractivity contribution is 0.329. The van der Waals surface area contributed by atoms with Crippen LogP contribution >= 0.6 is 15.9 Å². The first-order valence-electron chi connectivity index (χ1n) is 10.9. The summed E-state index contributed by atoms with van der Waals surface area (Å²) in [4.78, 5) is 10.8. The largest absolute Gasteiger partial charge is 0.318 e. The molecule has 2 aromatic carbocycles. The summed E-state index contributed by atoms with van der Waals surface area (Å²) in [5.74, 6) is 1.24. The van der Waals surface area contributed by atoms with E-state index in [2.05, 4.69) is 90.1 Å². The molecule has 0 fully saturated rings. The molecule has 3 aromatic rings. The van der Waals surface area contributed by atoms with Crippen molar-refractivity contribution < 1.29 is 4.53 Å². The molecule has 0 saturated carbocycles. The average Bonchev–Trinajstić information content (AvgIpc) is 2.76. The lowest BCUT2D eigenvalue weighted by Gasteiger charge is -2.28. The summed E-state index contributed by atoms with van der Waals surface area (Å²) < 4.78 is 7.18. The molecule has 0 unspecified atom stereocenters. The molecule has 1 heterocycles. The van der Waals surface area contributed by atoms with E-state index in [4.69, 9.17) is 4.53 Å². The molecule has 0 aliphatic carbocycles. The van der Waals surface area contributed by atoms with Gasteiger partial charge in [-0.25, -0.2) is 15.0 Å². The van der Waals surface area contributed by atoms with Crippen molar-refractivity contribution >= 4 is 48.0 Å². The van der Waals surface area contributed by atoms with Gasteiger partial charge in [-0.1, -0.05) is 39.0 Å². The van der Waals surface area contributed by atoms with Gasteiger partial charge in [0.15, 0.2) is 5.82 Å². The number of benzene rings is 2. The predicted molar refractivity (Wildman–Crippen MR) is 141 cm³/mol. The molecule has 0 N–H and O–H groups in total. The van der Waals surface area contributed by atoms with Crippen molar-refractivity contribution in [1.82, 2.24) is 9.97 Å². The molecule has 0 aliphatic rings. The molecule has 0 atom stereocenters. The highest BCUT2D eigenvalue weighted by molar-refractivity contribution is 9.10. The first kappa shape index (κ1) is 24.9. The van der Waals surface area contributed by atoms with Crippen LogP contribution in [0.2, 0.25) is 13.1 Å². The number of nitrogens with zero attached hydrogens (tertiary/aromatic N) is 5. The fourth-order valence-corrected chi connectivity index (χ4v) is 4.70. The van der Waals surface area contributed by atoms with Crippen LogP contribution in [0.5, 0.6) is 0 Å². The van der Waals surface area contributed by atoms with E-state index < -0.39 is 9.04 Å². The van der Waals surface area contributed by atoms with Crippen molar-refractivity contribution in [2.75, 3.05) is 16.5 Å². The lowest BCUT2D eigenvalue weighted by atomic mass is 9.87. The number of rotatable bonds is 7. The van der Waals surface area contributed by atoms with E-state index in [-0.39, 0.29) is 12.0 Å². The van der Waals surface area contributed by atoms with E-state index in [0.717, 1.165) is 21.4 Å². The van der Waals surface area contributed by atoms with Crippen LogP contribution < -0.4 is 9.96 Å². The third kappa shape index (κ3) is 6.19. The molecule has 0 radical (unpaired) electrons. The third-order valence-electron chi connectivity index (χ3n) is 5.03. The Labute approximate surface area is 206 Å². The summed E-state index contributed by atoms with van der Waals surface area (Å²) in [5.41, 5.74) is 4.22. The van der Waals surface area contributed by atoms with Gasteiger partial charge in [-0.15, -0.1) is 0 Å². The second kappa shape index (κ2) is 10.5. The Bertz CT molecular complexity index is 1140. The maximum Gasteiger partial charge on any atom is 0.209 e. The summed E-state index contributed by atoms with van der Waals surface area (Å²) in [6, 6.07) is 18.5. The fourth-order valence-electron chi connectivity index (χ4n) is 3.34. The minimum Gasteiger partial charge on any atom is -0.318 e. The predicted octanol–water partition coefficient (Wildman–Crippen LogP) is 6.56. The average molecular weight is 525 g/mol. The minimum atomic E-state index is -1.45. The molecule has 8 heteroatoms. The highest BCUT2D eigenvalue weighted by atomic mass is 79.9. The highest BCUT2D eigenvalue weighted by Gasteiger charge is 2.20. The molecular weight excluding hydrogens is 494 g/mol. The number of aromatic nitrogens is 2. The summed E-state index contributed by atoms with van der Waals surface area (Å²) >= 11 is 3.63. The lowest BCUT2D eigenvalue weighted by Crippen LogP contribution is -2.26. The van der Waals surface area contributed by atoms with Gasteiger partial charge < -0.3 is 9.43 Å². The van der Waals surface area contributed by atoms with Crippen molar-refractivity contribution in [3.8, 4) is 6.07 Å². The SMILES string of the molecule is Cc1ccc(N(CC#N)c2cc(N(O[SiH](C)C)c3ccc(C(C)(C)C)cc3)ncn2)c(Br)c1. The normalized spacial score (nSPS) is 11.4.